The van der Waals surface area contributed by atoms with Gasteiger partial charge in [-0.15, -0.1) is 0 Å². The zero-order chi connectivity index (χ0) is 25.7. The molecule has 0 amide bonds. The summed E-state index contributed by atoms with van der Waals surface area (Å²) in [5.74, 6) is 0.738. The van der Waals surface area contributed by atoms with Crippen LogP contribution >= 0.6 is 0 Å². The molecule has 190 valence electrons. The van der Waals surface area contributed by atoms with Crippen molar-refractivity contribution in [1.29, 1.82) is 0 Å². The molecule has 0 bridgehead atoms. The lowest BCUT2D eigenvalue weighted by atomic mass is 10.1. The Morgan fingerprint density at radius 1 is 0.917 bits per heavy atom. The molecule has 1 aromatic carbocycles. The number of pyridine rings is 1. The third-order valence-electron chi connectivity index (χ3n) is 6.82. The van der Waals surface area contributed by atoms with Crippen LogP contribution in [0.1, 0.15) is 57.4 Å². The lowest BCUT2D eigenvalue weighted by Crippen LogP contribution is -2.41. The molecule has 0 saturated carbocycles. The Hall–Kier alpha value is -3.52. The maximum absolute atomic E-state index is 13.8. The summed E-state index contributed by atoms with van der Waals surface area (Å²) in [6.45, 7) is 10.8. The van der Waals surface area contributed by atoms with Gasteiger partial charge >= 0.3 is 5.69 Å². The van der Waals surface area contributed by atoms with Gasteiger partial charge in [0.2, 0.25) is 0 Å². The van der Waals surface area contributed by atoms with Crippen LogP contribution in [0, 0.1) is 0 Å². The smallest absolute Gasteiger partial charge is 0.305 e. The molecular formula is C28H36N6O2. The van der Waals surface area contributed by atoms with Gasteiger partial charge in [0.25, 0.3) is 5.56 Å². The maximum atomic E-state index is 13.8. The van der Waals surface area contributed by atoms with Crippen molar-refractivity contribution in [3.8, 4) is 0 Å². The van der Waals surface area contributed by atoms with Crippen LogP contribution in [0.15, 0.2) is 64.3 Å². The molecule has 0 radical (unpaired) electrons. The number of fused-ring (bicyclic) bond motifs is 1. The molecule has 3 aromatic heterocycles. The molecule has 8 heteroatoms. The van der Waals surface area contributed by atoms with E-state index in [0.717, 1.165) is 30.2 Å². The van der Waals surface area contributed by atoms with Crippen molar-refractivity contribution in [3.05, 3.63) is 92.6 Å². The number of hydrogen-bond acceptors (Lipinski definition) is 5. The first-order chi connectivity index (χ1) is 17.5. The highest BCUT2D eigenvalue weighted by Gasteiger charge is 2.26. The van der Waals surface area contributed by atoms with E-state index in [1.54, 1.807) is 10.8 Å². The number of imidazole rings is 1. The van der Waals surface area contributed by atoms with Crippen molar-refractivity contribution in [1.82, 2.24) is 28.6 Å². The van der Waals surface area contributed by atoms with Gasteiger partial charge in [0, 0.05) is 31.4 Å². The van der Waals surface area contributed by atoms with E-state index in [1.165, 1.54) is 4.57 Å². The van der Waals surface area contributed by atoms with Crippen LogP contribution in [0.25, 0.3) is 11.2 Å². The summed E-state index contributed by atoms with van der Waals surface area (Å²) < 4.78 is 5.10. The van der Waals surface area contributed by atoms with E-state index in [4.69, 9.17) is 4.98 Å². The fourth-order valence-electron chi connectivity index (χ4n) is 4.92. The van der Waals surface area contributed by atoms with Crippen molar-refractivity contribution in [2.45, 2.75) is 66.2 Å². The number of aryl methyl sites for hydroxylation is 2. The molecule has 4 aromatic rings. The molecule has 1 unspecified atom stereocenters. The van der Waals surface area contributed by atoms with Crippen LogP contribution < -0.4 is 11.2 Å². The average molecular weight is 489 g/mol. The molecule has 1 atom stereocenters. The van der Waals surface area contributed by atoms with Crippen LogP contribution in [-0.4, -0.2) is 41.7 Å². The molecule has 0 N–H and O–H groups in total. The predicted molar refractivity (Wildman–Crippen MR) is 143 cm³/mol. The molecule has 3 heterocycles. The topological polar surface area (TPSA) is 78.0 Å². The number of hydrogen-bond donors (Lipinski definition) is 0. The number of nitrogens with zero attached hydrogens (tertiary/aromatic N) is 6. The van der Waals surface area contributed by atoms with Gasteiger partial charge in [-0.05, 0) is 50.6 Å². The minimum absolute atomic E-state index is 0.105. The third-order valence-corrected chi connectivity index (χ3v) is 6.82. The minimum Gasteiger partial charge on any atom is -0.305 e. The lowest BCUT2D eigenvalue weighted by Gasteiger charge is -2.29. The Balaban J connectivity index is 1.96. The van der Waals surface area contributed by atoms with E-state index in [9.17, 15) is 9.59 Å². The average Bonchev–Trinajstić information content (AvgIpc) is 3.27. The molecule has 0 aliphatic heterocycles. The van der Waals surface area contributed by atoms with Crippen molar-refractivity contribution < 1.29 is 0 Å². The van der Waals surface area contributed by atoms with Gasteiger partial charge < -0.3 is 4.57 Å². The summed E-state index contributed by atoms with van der Waals surface area (Å²) >= 11 is 0. The van der Waals surface area contributed by atoms with E-state index < -0.39 is 0 Å². The van der Waals surface area contributed by atoms with Gasteiger partial charge in [-0.3, -0.25) is 23.8 Å². The highest BCUT2D eigenvalue weighted by Crippen LogP contribution is 2.23. The fourth-order valence-corrected chi connectivity index (χ4v) is 4.92. The summed E-state index contributed by atoms with van der Waals surface area (Å²) in [5.41, 5.74) is 2.38. The maximum Gasteiger partial charge on any atom is 0.332 e. The number of aromatic nitrogens is 5. The largest absolute Gasteiger partial charge is 0.332 e. The fraction of sp³-hybridized carbons (Fsp3) is 0.429. The van der Waals surface area contributed by atoms with E-state index in [2.05, 4.69) is 42.8 Å². The monoisotopic (exact) mass is 488 g/mol. The Morgan fingerprint density at radius 3 is 2.28 bits per heavy atom. The van der Waals surface area contributed by atoms with Crippen LogP contribution in [0.2, 0.25) is 0 Å². The first-order valence-corrected chi connectivity index (χ1v) is 12.9. The van der Waals surface area contributed by atoms with Gasteiger partial charge in [0.1, 0.15) is 5.82 Å². The zero-order valence-corrected chi connectivity index (χ0v) is 21.7. The number of benzene rings is 1. The molecule has 4 rings (SSSR count). The van der Waals surface area contributed by atoms with Gasteiger partial charge in [-0.2, -0.15) is 0 Å². The summed E-state index contributed by atoms with van der Waals surface area (Å²) in [4.78, 5) is 39.1. The predicted octanol–water partition coefficient (Wildman–Crippen LogP) is 3.86. The molecule has 36 heavy (non-hydrogen) atoms. The second-order valence-corrected chi connectivity index (χ2v) is 9.05. The molecular weight excluding hydrogens is 452 g/mol. The first kappa shape index (κ1) is 25.6. The molecule has 0 fully saturated rings. The Morgan fingerprint density at radius 2 is 1.64 bits per heavy atom. The highest BCUT2D eigenvalue weighted by molar-refractivity contribution is 5.71. The van der Waals surface area contributed by atoms with Gasteiger partial charge in [0.15, 0.2) is 11.2 Å². The van der Waals surface area contributed by atoms with Crippen molar-refractivity contribution >= 4 is 11.2 Å². The summed E-state index contributed by atoms with van der Waals surface area (Å²) in [6.07, 6.45) is 3.50. The van der Waals surface area contributed by atoms with Crippen LogP contribution in [-0.2, 0) is 25.9 Å². The van der Waals surface area contributed by atoms with Crippen LogP contribution in [0.5, 0.6) is 0 Å². The standard InChI is InChI=1S/C28H36N6O2/c1-5-18-33-27(35)25-26(32(28(33)36)19-16-22-13-9-8-10-14-22)30-24(20-23-15-11-12-17-29-23)34(25)21(4)31(6-2)7-3/h8-15,17,21H,5-7,16,18-20H2,1-4H3. The highest BCUT2D eigenvalue weighted by atomic mass is 16.2. The number of rotatable bonds is 11. The van der Waals surface area contributed by atoms with E-state index >= 15 is 0 Å². The molecule has 0 aliphatic carbocycles. The van der Waals surface area contributed by atoms with Crippen molar-refractivity contribution in [2.24, 2.45) is 0 Å². The second kappa shape index (κ2) is 11.5. The van der Waals surface area contributed by atoms with E-state index in [-0.39, 0.29) is 17.4 Å². The van der Waals surface area contributed by atoms with E-state index in [0.29, 0.717) is 43.5 Å². The normalized spacial score (nSPS) is 12.5. The van der Waals surface area contributed by atoms with E-state index in [1.807, 2.05) is 47.9 Å². The SMILES string of the molecule is CCCn1c(=O)c2c(nc(Cc3ccccn3)n2C(C)N(CC)CC)n(CCc2ccccc2)c1=O. The zero-order valence-electron chi connectivity index (χ0n) is 21.7. The summed E-state index contributed by atoms with van der Waals surface area (Å²) in [6, 6.07) is 15.9. The van der Waals surface area contributed by atoms with Gasteiger partial charge in [0.05, 0.1) is 6.17 Å². The van der Waals surface area contributed by atoms with Gasteiger partial charge in [-0.25, -0.2) is 9.78 Å². The first-order valence-electron chi connectivity index (χ1n) is 12.9. The van der Waals surface area contributed by atoms with Crippen LogP contribution in [0.4, 0.5) is 0 Å². The lowest BCUT2D eigenvalue weighted by molar-refractivity contribution is 0.172. The van der Waals surface area contributed by atoms with Gasteiger partial charge in [-0.1, -0.05) is 57.2 Å². The van der Waals surface area contributed by atoms with Crippen LogP contribution in [0.3, 0.4) is 0 Å². The van der Waals surface area contributed by atoms with Crippen molar-refractivity contribution in [2.75, 3.05) is 13.1 Å². The summed E-state index contributed by atoms with van der Waals surface area (Å²) in [7, 11) is 0. The molecule has 0 saturated heterocycles. The molecule has 8 nitrogen and oxygen atoms in total. The Kier molecular flexibility index (Phi) is 8.15. The minimum atomic E-state index is -0.296. The van der Waals surface area contributed by atoms with Crippen molar-refractivity contribution in [3.63, 3.8) is 0 Å². The Labute approximate surface area is 211 Å². The second-order valence-electron chi connectivity index (χ2n) is 9.05. The Bertz CT molecular complexity index is 1400. The third kappa shape index (κ3) is 5.04. The molecule has 0 spiro atoms. The molecule has 0 aliphatic rings. The summed E-state index contributed by atoms with van der Waals surface area (Å²) in [5, 5.41) is 0. The quantitative estimate of drug-likeness (QED) is 0.320.